The van der Waals surface area contributed by atoms with E-state index in [1.54, 1.807) is 35.2 Å². The van der Waals surface area contributed by atoms with Crippen LogP contribution in [0.2, 0.25) is 5.02 Å². The van der Waals surface area contributed by atoms with Crippen LogP contribution < -0.4 is 4.90 Å². The smallest absolute Gasteiger partial charge is 0.308 e. The molecule has 172 valence electrons. The molecule has 9 heteroatoms. The highest BCUT2D eigenvalue weighted by Crippen LogP contribution is 2.68. The van der Waals surface area contributed by atoms with Crippen molar-refractivity contribution in [1.29, 1.82) is 0 Å². The molecule has 4 rings (SSSR count). The summed E-state index contributed by atoms with van der Waals surface area (Å²) >= 11 is 7.53. The number of likely N-dealkylation sites (tertiary alicyclic amines) is 1. The number of benzene rings is 1. The van der Waals surface area contributed by atoms with E-state index >= 15 is 0 Å². The van der Waals surface area contributed by atoms with E-state index in [4.69, 9.17) is 11.6 Å². The normalized spacial score (nSPS) is 32.8. The van der Waals surface area contributed by atoms with Gasteiger partial charge in [0.05, 0.1) is 16.6 Å². The van der Waals surface area contributed by atoms with E-state index in [1.807, 2.05) is 6.92 Å². The average Bonchev–Trinajstić information content (AvgIpc) is 3.34. The number of aliphatic hydroxyl groups excluding tert-OH is 1. The minimum absolute atomic E-state index is 0.00549. The molecule has 7 nitrogen and oxygen atoms in total. The lowest BCUT2D eigenvalue weighted by Crippen LogP contribution is -2.57. The zero-order chi connectivity index (χ0) is 23.2. The zero-order valence-corrected chi connectivity index (χ0v) is 19.4. The zero-order valence-electron chi connectivity index (χ0n) is 17.8. The van der Waals surface area contributed by atoms with E-state index in [-0.39, 0.29) is 42.7 Å². The Kier molecular flexibility index (Phi) is 6.31. The number of carboxylic acid groups (broad SMARTS) is 1. The van der Waals surface area contributed by atoms with Crippen LogP contribution in [0.3, 0.4) is 0 Å². The highest BCUT2D eigenvalue weighted by atomic mass is 35.5. The SMILES string of the molecule is C=CCN(C(=O)C1N(CCCO)C(=O)[C@@H]2[C@H](C(=O)O)[C@@H]3CC(C)C12S3)c1ccc(Cl)cc1. The van der Waals surface area contributed by atoms with Gasteiger partial charge in [0.25, 0.3) is 5.91 Å². The molecule has 0 aliphatic carbocycles. The molecule has 2 N–H and O–H groups in total. The van der Waals surface area contributed by atoms with Gasteiger partial charge in [-0.05, 0) is 43.0 Å². The summed E-state index contributed by atoms with van der Waals surface area (Å²) < 4.78 is -0.802. The molecule has 3 unspecified atom stereocenters. The highest BCUT2D eigenvalue weighted by Gasteiger charge is 2.76. The number of amides is 2. The van der Waals surface area contributed by atoms with Gasteiger partial charge in [-0.15, -0.1) is 18.3 Å². The van der Waals surface area contributed by atoms with Crippen molar-refractivity contribution >= 4 is 46.8 Å². The molecule has 2 amide bonds. The quantitative estimate of drug-likeness (QED) is 0.557. The average molecular weight is 479 g/mol. The number of nitrogens with zero attached hydrogens (tertiary/aromatic N) is 2. The van der Waals surface area contributed by atoms with Crippen LogP contribution in [0.15, 0.2) is 36.9 Å². The summed E-state index contributed by atoms with van der Waals surface area (Å²) in [4.78, 5) is 42.9. The number of hydrogen-bond donors (Lipinski definition) is 2. The van der Waals surface area contributed by atoms with Crippen LogP contribution in [0.4, 0.5) is 5.69 Å². The summed E-state index contributed by atoms with van der Waals surface area (Å²) in [7, 11) is 0. The molecule has 3 saturated heterocycles. The van der Waals surface area contributed by atoms with Crippen molar-refractivity contribution in [2.45, 2.75) is 35.8 Å². The molecular formula is C23H27ClN2O5S. The third-order valence-corrected chi connectivity index (χ3v) is 9.37. The molecule has 0 saturated carbocycles. The first-order chi connectivity index (χ1) is 15.3. The van der Waals surface area contributed by atoms with Crippen molar-refractivity contribution in [1.82, 2.24) is 4.90 Å². The van der Waals surface area contributed by atoms with E-state index in [2.05, 4.69) is 6.58 Å². The number of anilines is 1. The summed E-state index contributed by atoms with van der Waals surface area (Å²) in [6.07, 6.45) is 2.60. The number of carbonyl (C=O) groups is 3. The topological polar surface area (TPSA) is 98.2 Å². The third-order valence-electron chi connectivity index (χ3n) is 7.04. The van der Waals surface area contributed by atoms with Gasteiger partial charge in [-0.2, -0.15) is 0 Å². The molecule has 6 atom stereocenters. The number of rotatable bonds is 8. The van der Waals surface area contributed by atoms with Gasteiger partial charge < -0.3 is 20.0 Å². The Morgan fingerprint density at radius 3 is 2.66 bits per heavy atom. The lowest BCUT2D eigenvalue weighted by Gasteiger charge is -2.40. The van der Waals surface area contributed by atoms with Crippen LogP contribution in [0, 0.1) is 17.8 Å². The highest BCUT2D eigenvalue weighted by molar-refractivity contribution is 8.02. The first-order valence-electron chi connectivity index (χ1n) is 10.8. The van der Waals surface area contributed by atoms with E-state index in [9.17, 15) is 24.6 Å². The summed E-state index contributed by atoms with van der Waals surface area (Å²) in [6.45, 7) is 6.12. The van der Waals surface area contributed by atoms with Crippen molar-refractivity contribution in [2.75, 3.05) is 24.6 Å². The number of aliphatic hydroxyl groups is 1. The number of aliphatic carboxylic acids is 1. The molecule has 2 bridgehead atoms. The van der Waals surface area contributed by atoms with Gasteiger partial charge in [0.2, 0.25) is 5.91 Å². The Morgan fingerprint density at radius 1 is 1.38 bits per heavy atom. The van der Waals surface area contributed by atoms with Gasteiger partial charge in [-0.25, -0.2) is 0 Å². The lowest BCUT2D eigenvalue weighted by atomic mass is 9.66. The van der Waals surface area contributed by atoms with E-state index in [1.165, 1.54) is 16.7 Å². The fraction of sp³-hybridized carbons (Fsp3) is 0.522. The number of thioether (sulfide) groups is 1. The molecule has 1 spiro atoms. The molecule has 3 heterocycles. The maximum absolute atomic E-state index is 14.1. The molecular weight excluding hydrogens is 452 g/mol. The summed E-state index contributed by atoms with van der Waals surface area (Å²) in [5.41, 5.74) is 0.633. The van der Waals surface area contributed by atoms with E-state index in [0.717, 1.165) is 0 Å². The summed E-state index contributed by atoms with van der Waals surface area (Å²) in [5.74, 6) is -3.08. The molecule has 32 heavy (non-hydrogen) atoms. The van der Waals surface area contributed by atoms with Crippen LogP contribution in [0.5, 0.6) is 0 Å². The second-order valence-electron chi connectivity index (χ2n) is 8.71. The van der Waals surface area contributed by atoms with E-state index < -0.39 is 28.6 Å². The molecule has 1 aromatic rings. The van der Waals surface area contributed by atoms with Crippen LogP contribution in [-0.2, 0) is 14.4 Å². The van der Waals surface area contributed by atoms with Crippen molar-refractivity contribution in [3.05, 3.63) is 41.9 Å². The maximum Gasteiger partial charge on any atom is 0.308 e. The van der Waals surface area contributed by atoms with Gasteiger partial charge in [0.15, 0.2) is 0 Å². The Hall–Kier alpha value is -2.03. The Morgan fingerprint density at radius 2 is 2.06 bits per heavy atom. The standard InChI is InChI=1S/C23H27ClN2O5S/c1-3-9-25(15-7-5-14(24)6-8-15)21(29)19-23-13(2)12-16(32-23)17(22(30)31)18(23)20(28)26(19)10-4-11-27/h3,5-8,13,16-19,27H,1,4,9-12H2,2H3,(H,30,31)/t13?,16-,17+,18-,19?,23?/m0/s1. The fourth-order valence-corrected chi connectivity index (χ4v) is 8.32. The van der Waals surface area contributed by atoms with Gasteiger partial charge in [-0.1, -0.05) is 24.6 Å². The maximum atomic E-state index is 14.1. The molecule has 3 fully saturated rings. The number of hydrogen-bond acceptors (Lipinski definition) is 5. The van der Waals surface area contributed by atoms with Crippen molar-refractivity contribution < 1.29 is 24.6 Å². The van der Waals surface area contributed by atoms with Crippen LogP contribution in [-0.4, -0.2) is 68.6 Å². The second-order valence-corrected chi connectivity index (χ2v) is 10.7. The first kappa shape index (κ1) is 23.1. The minimum Gasteiger partial charge on any atom is -0.481 e. The van der Waals surface area contributed by atoms with E-state index in [0.29, 0.717) is 23.6 Å². The van der Waals surface area contributed by atoms with Gasteiger partial charge in [-0.3, -0.25) is 14.4 Å². The molecule has 3 aliphatic heterocycles. The lowest BCUT2D eigenvalue weighted by molar-refractivity contribution is -0.149. The summed E-state index contributed by atoms with van der Waals surface area (Å²) in [5, 5.41) is 19.7. The minimum atomic E-state index is -0.981. The van der Waals surface area contributed by atoms with Crippen molar-refractivity contribution in [3.63, 3.8) is 0 Å². The second kappa shape index (κ2) is 8.72. The number of carboxylic acids is 1. The predicted molar refractivity (Wildman–Crippen MR) is 124 cm³/mol. The Labute approximate surface area is 196 Å². The Balaban J connectivity index is 1.80. The first-order valence-corrected chi connectivity index (χ1v) is 12.0. The van der Waals surface area contributed by atoms with Crippen molar-refractivity contribution in [2.24, 2.45) is 17.8 Å². The molecule has 1 aromatic carbocycles. The monoisotopic (exact) mass is 478 g/mol. The molecule has 3 aliphatic rings. The van der Waals surface area contributed by atoms with Gasteiger partial charge in [0.1, 0.15) is 6.04 Å². The van der Waals surface area contributed by atoms with Crippen LogP contribution in [0.25, 0.3) is 0 Å². The number of fused-ring (bicyclic) bond motifs is 1. The van der Waals surface area contributed by atoms with Crippen molar-refractivity contribution in [3.8, 4) is 0 Å². The number of halogens is 1. The molecule has 0 aromatic heterocycles. The molecule has 0 radical (unpaired) electrons. The van der Waals surface area contributed by atoms with Gasteiger partial charge in [0, 0.05) is 35.7 Å². The Bertz CT molecular complexity index is 941. The van der Waals surface area contributed by atoms with Crippen LogP contribution >= 0.6 is 23.4 Å². The van der Waals surface area contributed by atoms with Crippen LogP contribution in [0.1, 0.15) is 19.8 Å². The third kappa shape index (κ3) is 3.35. The largest absolute Gasteiger partial charge is 0.481 e. The fourth-order valence-electron chi connectivity index (χ4n) is 5.78. The number of carbonyl (C=O) groups excluding carboxylic acids is 2. The predicted octanol–water partition coefficient (Wildman–Crippen LogP) is 2.66. The summed E-state index contributed by atoms with van der Waals surface area (Å²) in [6, 6.07) is 6.08. The van der Waals surface area contributed by atoms with Gasteiger partial charge >= 0.3 is 5.97 Å².